The second kappa shape index (κ2) is 10.6. The molecule has 0 heterocycles. The molecule has 0 bridgehead atoms. The van der Waals surface area contributed by atoms with Gasteiger partial charge in [0.15, 0.2) is 5.78 Å². The van der Waals surface area contributed by atoms with Crippen molar-refractivity contribution in [2.24, 2.45) is 0 Å². The van der Waals surface area contributed by atoms with Gasteiger partial charge in [-0.3, -0.25) is 9.59 Å². The molecule has 0 radical (unpaired) electrons. The van der Waals surface area contributed by atoms with Crippen LogP contribution in [0.3, 0.4) is 0 Å². The molecule has 3 aromatic rings. The molecule has 3 aromatic carbocycles. The highest BCUT2D eigenvalue weighted by atomic mass is 16.5. The summed E-state index contributed by atoms with van der Waals surface area (Å²) in [4.78, 5) is 24.8. The zero-order valence-corrected chi connectivity index (χ0v) is 22.5. The summed E-state index contributed by atoms with van der Waals surface area (Å²) in [6.45, 7) is 14.8. The van der Waals surface area contributed by atoms with Crippen LogP contribution in [0.4, 0.5) is 11.4 Å². The van der Waals surface area contributed by atoms with Crippen LogP contribution >= 0.6 is 0 Å². The summed E-state index contributed by atoms with van der Waals surface area (Å²) < 4.78 is 6.43. The van der Waals surface area contributed by atoms with Crippen molar-refractivity contribution in [2.75, 3.05) is 11.1 Å². The maximum Gasteiger partial charge on any atom is 0.259 e. The minimum atomic E-state index is -0.340. The van der Waals surface area contributed by atoms with E-state index in [-0.39, 0.29) is 22.5 Å². The summed E-state index contributed by atoms with van der Waals surface area (Å²) in [6.07, 6.45) is 1.96. The van der Waals surface area contributed by atoms with E-state index >= 15 is 0 Å². The van der Waals surface area contributed by atoms with Crippen LogP contribution in [0.1, 0.15) is 93.2 Å². The van der Waals surface area contributed by atoms with Gasteiger partial charge in [0.05, 0.1) is 5.56 Å². The van der Waals surface area contributed by atoms with Crippen molar-refractivity contribution in [2.45, 2.75) is 72.1 Å². The predicted molar refractivity (Wildman–Crippen MR) is 148 cm³/mol. The van der Waals surface area contributed by atoms with E-state index in [4.69, 9.17) is 10.5 Å². The molecule has 0 saturated carbocycles. The number of hydrogen-bond acceptors (Lipinski definition) is 4. The molecule has 0 aromatic heterocycles. The molecule has 36 heavy (non-hydrogen) atoms. The number of amides is 1. The summed E-state index contributed by atoms with van der Waals surface area (Å²) >= 11 is 0. The number of nitrogens with one attached hydrogen (secondary N) is 1. The van der Waals surface area contributed by atoms with E-state index in [1.807, 2.05) is 6.07 Å². The maximum atomic E-state index is 13.2. The van der Waals surface area contributed by atoms with Crippen LogP contribution in [-0.2, 0) is 10.8 Å². The molecular formula is C31H38N2O3. The molecule has 0 saturated heterocycles. The highest BCUT2D eigenvalue weighted by molar-refractivity contribution is 6.07. The van der Waals surface area contributed by atoms with E-state index < -0.39 is 0 Å². The number of anilines is 2. The van der Waals surface area contributed by atoms with Crippen molar-refractivity contribution in [1.29, 1.82) is 0 Å². The third kappa shape index (κ3) is 5.96. The van der Waals surface area contributed by atoms with E-state index in [0.29, 0.717) is 28.3 Å². The number of ketones is 1. The Labute approximate surface area is 215 Å². The van der Waals surface area contributed by atoms with E-state index in [9.17, 15) is 9.59 Å². The molecule has 190 valence electrons. The van der Waals surface area contributed by atoms with Crippen molar-refractivity contribution in [3.8, 4) is 11.5 Å². The molecule has 0 aliphatic rings. The van der Waals surface area contributed by atoms with Crippen LogP contribution in [0, 0.1) is 0 Å². The first-order valence-corrected chi connectivity index (χ1v) is 12.5. The zero-order chi connectivity index (χ0) is 26.7. The Bertz CT molecular complexity index is 1260. The van der Waals surface area contributed by atoms with Crippen molar-refractivity contribution in [3.05, 3.63) is 82.9 Å². The third-order valence-corrected chi connectivity index (χ3v) is 7.28. The molecule has 0 aliphatic carbocycles. The highest BCUT2D eigenvalue weighted by Crippen LogP contribution is 2.41. The lowest BCUT2D eigenvalue weighted by molar-refractivity contribution is 0.101. The number of Topliss-reactive ketones (excluding diaryl/α,β-unsaturated/α-hetero) is 1. The normalized spacial score (nSPS) is 11.8. The first-order valence-electron chi connectivity index (χ1n) is 12.5. The second-order valence-electron chi connectivity index (χ2n) is 10.6. The first kappa shape index (κ1) is 27.0. The van der Waals surface area contributed by atoms with Crippen LogP contribution < -0.4 is 15.8 Å². The van der Waals surface area contributed by atoms with Crippen LogP contribution in [0.5, 0.6) is 11.5 Å². The second-order valence-corrected chi connectivity index (χ2v) is 10.6. The molecule has 0 unspecified atom stereocenters. The fraction of sp³-hybridized carbons (Fsp3) is 0.355. The van der Waals surface area contributed by atoms with Crippen molar-refractivity contribution < 1.29 is 14.3 Å². The number of carbonyl (C=O) groups excluding carboxylic acids is 2. The van der Waals surface area contributed by atoms with E-state index in [0.717, 1.165) is 24.2 Å². The number of benzene rings is 3. The van der Waals surface area contributed by atoms with Gasteiger partial charge >= 0.3 is 0 Å². The lowest BCUT2D eigenvalue weighted by Gasteiger charge is -2.30. The SMILES string of the molecule is CCC(C)(C)c1ccc(Oc2ccc(N)cc2C(=O)Nc2ccc(C(C)=O)cc2)c(C(C)(C)CC)c1. The fourth-order valence-electron chi connectivity index (χ4n) is 3.88. The summed E-state index contributed by atoms with van der Waals surface area (Å²) in [5.74, 6) is 0.784. The van der Waals surface area contributed by atoms with Crippen molar-refractivity contribution >= 4 is 23.1 Å². The average Bonchev–Trinajstić information content (AvgIpc) is 2.85. The van der Waals surface area contributed by atoms with Crippen LogP contribution in [0.2, 0.25) is 0 Å². The Kier molecular flexibility index (Phi) is 7.92. The third-order valence-electron chi connectivity index (χ3n) is 7.28. The largest absolute Gasteiger partial charge is 0.456 e. The molecule has 0 spiro atoms. The van der Waals surface area contributed by atoms with Gasteiger partial charge < -0.3 is 15.8 Å². The quantitative estimate of drug-likeness (QED) is 0.238. The highest BCUT2D eigenvalue weighted by Gasteiger charge is 2.27. The van der Waals surface area contributed by atoms with Crippen LogP contribution in [0.15, 0.2) is 60.7 Å². The van der Waals surface area contributed by atoms with E-state index in [1.165, 1.54) is 12.5 Å². The minimum absolute atomic E-state index is 0.0291. The molecule has 5 heteroatoms. The molecule has 0 atom stereocenters. The molecule has 5 nitrogen and oxygen atoms in total. The Hall–Kier alpha value is -3.60. The monoisotopic (exact) mass is 486 g/mol. The fourth-order valence-corrected chi connectivity index (χ4v) is 3.88. The Morgan fingerprint density at radius 2 is 1.44 bits per heavy atom. The standard InChI is InChI=1S/C31H38N2O3/c1-8-30(4,5)22-12-16-28(26(18-22)31(6,7)9-2)36-27-17-13-23(32)19-25(27)29(35)33-24-14-10-21(11-15-24)20(3)34/h10-19H,8-9,32H2,1-7H3,(H,33,35). The minimum Gasteiger partial charge on any atom is -0.456 e. The van der Waals surface area contributed by atoms with Crippen molar-refractivity contribution in [1.82, 2.24) is 0 Å². The Morgan fingerprint density at radius 3 is 2.03 bits per heavy atom. The van der Waals surface area contributed by atoms with Crippen LogP contribution in [0.25, 0.3) is 0 Å². The molecule has 3 rings (SSSR count). The van der Waals surface area contributed by atoms with Gasteiger partial charge in [-0.15, -0.1) is 0 Å². The smallest absolute Gasteiger partial charge is 0.259 e. The van der Waals surface area contributed by atoms with Gasteiger partial charge in [0, 0.05) is 22.5 Å². The van der Waals surface area contributed by atoms with Gasteiger partial charge in [0.25, 0.3) is 5.91 Å². The molecule has 3 N–H and O–H groups in total. The zero-order valence-electron chi connectivity index (χ0n) is 22.5. The summed E-state index contributed by atoms with van der Waals surface area (Å²) in [5, 5.41) is 2.88. The average molecular weight is 487 g/mol. The summed E-state index contributed by atoms with van der Waals surface area (Å²) in [7, 11) is 0. The first-order chi connectivity index (χ1) is 16.9. The Balaban J connectivity index is 1.99. The van der Waals surface area contributed by atoms with Gasteiger partial charge in [-0.2, -0.15) is 0 Å². The van der Waals surface area contributed by atoms with Gasteiger partial charge in [-0.05, 0) is 84.7 Å². The van der Waals surface area contributed by atoms with E-state index in [2.05, 4.69) is 59.0 Å². The maximum absolute atomic E-state index is 13.2. The summed E-state index contributed by atoms with van der Waals surface area (Å²) in [6, 6.07) is 18.2. The van der Waals surface area contributed by atoms with Gasteiger partial charge in [0.1, 0.15) is 11.5 Å². The number of nitrogen functional groups attached to an aromatic ring is 1. The molecule has 1 amide bonds. The lowest BCUT2D eigenvalue weighted by Crippen LogP contribution is -2.21. The molecule has 0 aliphatic heterocycles. The summed E-state index contributed by atoms with van der Waals surface area (Å²) in [5.41, 5.74) is 10.3. The topological polar surface area (TPSA) is 81.4 Å². The lowest BCUT2D eigenvalue weighted by atomic mass is 9.76. The molecule has 0 fully saturated rings. The Morgan fingerprint density at radius 1 is 0.833 bits per heavy atom. The predicted octanol–water partition coefficient (Wildman–Crippen LogP) is 7.89. The van der Waals surface area contributed by atoms with Gasteiger partial charge in [-0.25, -0.2) is 0 Å². The van der Waals surface area contributed by atoms with E-state index in [1.54, 1.807) is 42.5 Å². The number of ether oxygens (including phenoxy) is 1. The van der Waals surface area contributed by atoms with Crippen LogP contribution in [-0.4, -0.2) is 11.7 Å². The molecular weight excluding hydrogens is 448 g/mol. The number of hydrogen-bond donors (Lipinski definition) is 2. The van der Waals surface area contributed by atoms with Crippen molar-refractivity contribution in [3.63, 3.8) is 0 Å². The number of carbonyl (C=O) groups is 2. The van der Waals surface area contributed by atoms with Gasteiger partial charge in [-0.1, -0.05) is 53.7 Å². The number of rotatable bonds is 9. The number of nitrogens with two attached hydrogens (primary N) is 1. The van der Waals surface area contributed by atoms with Gasteiger partial charge in [0.2, 0.25) is 0 Å².